The lowest BCUT2D eigenvalue weighted by atomic mass is 9.46. The number of carbonyl (C=O) groups excluding carboxylic acids is 1. The van der Waals surface area contributed by atoms with Crippen molar-refractivity contribution in [2.24, 2.45) is 46.3 Å². The summed E-state index contributed by atoms with van der Waals surface area (Å²) in [6.45, 7) is 9.79. The highest BCUT2D eigenvalue weighted by atomic mass is 16.5. The van der Waals surface area contributed by atoms with Crippen LogP contribution in [0.25, 0.3) is 0 Å². The monoisotopic (exact) mass is 430 g/mol. The van der Waals surface area contributed by atoms with Gasteiger partial charge in [-0.2, -0.15) is 0 Å². The Kier molecular flexibility index (Phi) is 6.65. The zero-order valence-electron chi connectivity index (χ0n) is 20.7. The summed E-state index contributed by atoms with van der Waals surface area (Å²) in [6.07, 6.45) is 14.5. The van der Waals surface area contributed by atoms with Crippen molar-refractivity contribution >= 4 is 5.97 Å². The molecule has 0 aromatic carbocycles. The maximum Gasteiger partial charge on any atom is 0.316 e. The van der Waals surface area contributed by atoms with Crippen LogP contribution in [0.5, 0.6) is 0 Å². The fourth-order valence-corrected chi connectivity index (χ4v) is 8.88. The molecular weight excluding hydrogens is 384 g/mol. The molecule has 4 aliphatic rings. The minimum atomic E-state index is -0.459. The summed E-state index contributed by atoms with van der Waals surface area (Å²) in [4.78, 5) is 13.3. The van der Waals surface area contributed by atoms with E-state index in [0.29, 0.717) is 23.7 Å². The number of hydrogen-bond acceptors (Lipinski definition) is 3. The van der Waals surface area contributed by atoms with Crippen LogP contribution in [-0.4, -0.2) is 24.3 Å². The van der Waals surface area contributed by atoms with Gasteiger partial charge in [0, 0.05) is 0 Å². The number of carbonyl (C=O) groups is 1. The molecule has 3 heteroatoms. The summed E-state index contributed by atoms with van der Waals surface area (Å²) < 4.78 is 5.43. The summed E-state index contributed by atoms with van der Waals surface area (Å²) in [5.41, 5.74) is 1.16. The van der Waals surface area contributed by atoms with Gasteiger partial charge >= 0.3 is 5.97 Å². The van der Waals surface area contributed by atoms with Gasteiger partial charge in [0.05, 0.1) is 18.6 Å². The van der Waals surface area contributed by atoms with Crippen molar-refractivity contribution in [2.75, 3.05) is 7.11 Å². The van der Waals surface area contributed by atoms with Crippen LogP contribution in [0.1, 0.15) is 98.3 Å². The molecule has 0 heterocycles. The molecule has 4 rings (SSSR count). The fraction of sp³-hybridized carbons (Fsp3) is 0.893. The molecule has 4 aliphatic carbocycles. The summed E-state index contributed by atoms with van der Waals surface area (Å²) >= 11 is 0. The van der Waals surface area contributed by atoms with Gasteiger partial charge < -0.3 is 9.84 Å². The second kappa shape index (κ2) is 8.84. The van der Waals surface area contributed by atoms with Crippen molar-refractivity contribution in [2.45, 2.75) is 104 Å². The van der Waals surface area contributed by atoms with E-state index in [1.54, 1.807) is 7.11 Å². The molecule has 0 bridgehead atoms. The van der Waals surface area contributed by atoms with Crippen molar-refractivity contribution in [3.8, 4) is 0 Å². The first-order chi connectivity index (χ1) is 14.7. The quantitative estimate of drug-likeness (QED) is 0.384. The highest BCUT2D eigenvalue weighted by molar-refractivity contribution is 5.82. The normalized spacial score (nSPS) is 42.9. The molecular formula is C28H46O3. The van der Waals surface area contributed by atoms with Crippen LogP contribution < -0.4 is 0 Å². The first-order valence-electron chi connectivity index (χ1n) is 13.2. The minimum absolute atomic E-state index is 0.0273. The van der Waals surface area contributed by atoms with E-state index in [4.69, 9.17) is 4.74 Å². The van der Waals surface area contributed by atoms with Crippen molar-refractivity contribution in [1.29, 1.82) is 0 Å². The Bertz CT molecular complexity index is 696. The highest BCUT2D eigenvalue weighted by Crippen LogP contribution is 2.67. The molecule has 31 heavy (non-hydrogen) atoms. The number of fused-ring (bicyclic) bond motifs is 5. The van der Waals surface area contributed by atoms with Crippen LogP contribution in [0.2, 0.25) is 0 Å². The third kappa shape index (κ3) is 3.81. The topological polar surface area (TPSA) is 46.5 Å². The highest BCUT2D eigenvalue weighted by Gasteiger charge is 2.62. The SMILES string of the molecule is COC(=O)[C@]12CC[C@H](O)CC1=CC[C@@H]1[C@@H]2CC[C@]2(C)[C@@H](C(C)CCCC(C)C)CC[C@@H]12. The maximum atomic E-state index is 13.3. The minimum Gasteiger partial charge on any atom is -0.468 e. The Hall–Kier alpha value is -0.830. The predicted octanol–water partition coefficient (Wildman–Crippen LogP) is 6.54. The Balaban J connectivity index is 1.56. The average molecular weight is 431 g/mol. The van der Waals surface area contributed by atoms with Crippen molar-refractivity contribution in [3.05, 3.63) is 11.6 Å². The van der Waals surface area contributed by atoms with Gasteiger partial charge in [0.15, 0.2) is 0 Å². The van der Waals surface area contributed by atoms with Crippen LogP contribution in [0.3, 0.4) is 0 Å². The second-order valence-electron chi connectivity index (χ2n) is 12.2. The molecule has 0 spiro atoms. The summed E-state index contributed by atoms with van der Waals surface area (Å²) in [5.74, 6) is 4.15. The van der Waals surface area contributed by atoms with E-state index in [1.165, 1.54) is 44.1 Å². The van der Waals surface area contributed by atoms with Gasteiger partial charge in [-0.1, -0.05) is 58.6 Å². The van der Waals surface area contributed by atoms with Gasteiger partial charge in [0.25, 0.3) is 0 Å². The van der Waals surface area contributed by atoms with E-state index in [0.717, 1.165) is 49.4 Å². The fourth-order valence-electron chi connectivity index (χ4n) is 8.88. The zero-order valence-corrected chi connectivity index (χ0v) is 20.7. The third-order valence-electron chi connectivity index (χ3n) is 10.4. The standard InChI is InChI=1S/C28H46O3/c1-18(2)7-6-8-19(3)23-11-12-24-22-10-9-20-17-21(29)13-16-28(20,26(30)31-5)25(22)14-15-27(23,24)4/h9,18-19,21-25,29H,6-8,10-17H2,1-5H3/t19?,21-,22-,23+,24-,25-,27+,28+/m0/s1. The van der Waals surface area contributed by atoms with Gasteiger partial charge in [-0.05, 0) is 92.3 Å². The molecule has 0 aromatic heterocycles. The molecule has 0 aliphatic heterocycles. The summed E-state index contributed by atoms with van der Waals surface area (Å²) in [5, 5.41) is 10.3. The van der Waals surface area contributed by atoms with Crippen molar-refractivity contribution in [1.82, 2.24) is 0 Å². The Labute approximate surface area is 190 Å². The van der Waals surface area contributed by atoms with E-state index < -0.39 is 5.41 Å². The molecule has 0 amide bonds. The van der Waals surface area contributed by atoms with Crippen LogP contribution in [0.15, 0.2) is 11.6 Å². The Morgan fingerprint density at radius 2 is 1.90 bits per heavy atom. The number of allylic oxidation sites excluding steroid dienone is 1. The number of ether oxygens (including phenoxy) is 1. The van der Waals surface area contributed by atoms with E-state index in [-0.39, 0.29) is 12.1 Å². The van der Waals surface area contributed by atoms with E-state index >= 15 is 0 Å². The first kappa shape index (κ1) is 23.3. The summed E-state index contributed by atoms with van der Waals surface area (Å²) in [7, 11) is 1.56. The van der Waals surface area contributed by atoms with Crippen LogP contribution in [0.4, 0.5) is 0 Å². The summed E-state index contributed by atoms with van der Waals surface area (Å²) in [6, 6.07) is 0. The van der Waals surface area contributed by atoms with Crippen LogP contribution in [0, 0.1) is 46.3 Å². The average Bonchev–Trinajstić information content (AvgIpc) is 3.09. The van der Waals surface area contributed by atoms with Gasteiger partial charge in [0.1, 0.15) is 0 Å². The van der Waals surface area contributed by atoms with Crippen LogP contribution >= 0.6 is 0 Å². The van der Waals surface area contributed by atoms with E-state index in [1.807, 2.05) is 0 Å². The molecule has 0 radical (unpaired) electrons. The zero-order chi connectivity index (χ0) is 22.4. The number of hydrogen-bond donors (Lipinski definition) is 1. The van der Waals surface area contributed by atoms with E-state index in [2.05, 4.69) is 33.8 Å². The molecule has 0 saturated heterocycles. The molecule has 8 atom stereocenters. The largest absolute Gasteiger partial charge is 0.468 e. The van der Waals surface area contributed by atoms with Gasteiger partial charge in [-0.15, -0.1) is 0 Å². The van der Waals surface area contributed by atoms with Crippen molar-refractivity contribution < 1.29 is 14.6 Å². The van der Waals surface area contributed by atoms with Gasteiger partial charge in [0.2, 0.25) is 0 Å². The molecule has 1 N–H and O–H groups in total. The first-order valence-corrected chi connectivity index (χ1v) is 13.2. The van der Waals surface area contributed by atoms with Crippen molar-refractivity contribution in [3.63, 3.8) is 0 Å². The third-order valence-corrected chi connectivity index (χ3v) is 10.4. The Morgan fingerprint density at radius 3 is 2.61 bits per heavy atom. The Morgan fingerprint density at radius 1 is 1.13 bits per heavy atom. The number of aliphatic hydroxyl groups excluding tert-OH is 1. The molecule has 3 saturated carbocycles. The van der Waals surface area contributed by atoms with Crippen LogP contribution in [-0.2, 0) is 9.53 Å². The van der Waals surface area contributed by atoms with E-state index in [9.17, 15) is 9.90 Å². The molecule has 0 aromatic rings. The lowest BCUT2D eigenvalue weighted by Crippen LogP contribution is -2.55. The second-order valence-corrected chi connectivity index (χ2v) is 12.2. The smallest absolute Gasteiger partial charge is 0.316 e. The lowest BCUT2D eigenvalue weighted by Gasteiger charge is -2.58. The molecule has 3 fully saturated rings. The predicted molar refractivity (Wildman–Crippen MR) is 125 cm³/mol. The van der Waals surface area contributed by atoms with Gasteiger partial charge in [-0.25, -0.2) is 0 Å². The number of esters is 1. The number of rotatable bonds is 6. The van der Waals surface area contributed by atoms with Gasteiger partial charge in [-0.3, -0.25) is 4.79 Å². The molecule has 3 nitrogen and oxygen atoms in total. The number of aliphatic hydroxyl groups is 1. The molecule has 176 valence electrons. The molecule has 1 unspecified atom stereocenters. The maximum absolute atomic E-state index is 13.3. The number of methoxy groups -OCH3 is 1. The lowest BCUT2D eigenvalue weighted by molar-refractivity contribution is -0.163.